The van der Waals surface area contributed by atoms with Crippen molar-refractivity contribution in [2.24, 2.45) is 5.11 Å². The number of allylic oxidation sites excluding steroid dienone is 1. The zero-order chi connectivity index (χ0) is 16.9. The number of ketones is 1. The first-order chi connectivity index (χ1) is 10.9. The molecule has 116 valence electrons. The van der Waals surface area contributed by atoms with Gasteiger partial charge in [0.2, 0.25) is 0 Å². The van der Waals surface area contributed by atoms with Gasteiger partial charge in [0.05, 0.1) is 0 Å². The lowest BCUT2D eigenvalue weighted by atomic mass is 10.1. The highest BCUT2D eigenvalue weighted by atomic mass is 32.2. The Morgan fingerprint density at radius 2 is 1.78 bits per heavy atom. The topological polar surface area (TPSA) is 120 Å². The quantitative estimate of drug-likeness (QED) is 0.224. The maximum absolute atomic E-state index is 12.1. The van der Waals surface area contributed by atoms with Crippen LogP contribution in [0.5, 0.6) is 0 Å². The smallest absolute Gasteiger partial charge is 0.289 e. The molecule has 0 aliphatic carbocycles. The molecule has 0 heterocycles. The zero-order valence-electron chi connectivity index (χ0n) is 11.7. The molecule has 0 saturated carbocycles. The van der Waals surface area contributed by atoms with E-state index in [2.05, 4.69) is 10.0 Å². The van der Waals surface area contributed by atoms with Gasteiger partial charge in [-0.3, -0.25) is 9.35 Å². The van der Waals surface area contributed by atoms with Gasteiger partial charge >= 0.3 is 0 Å². The Balaban J connectivity index is 2.27. The fraction of sp³-hybridized carbons (Fsp3) is 0. The van der Waals surface area contributed by atoms with Crippen LogP contribution in [0, 0.1) is 0 Å². The van der Waals surface area contributed by atoms with Gasteiger partial charge in [-0.05, 0) is 29.3 Å². The summed E-state index contributed by atoms with van der Waals surface area (Å²) in [5, 5.41) is 3.42. The van der Waals surface area contributed by atoms with Crippen LogP contribution in [-0.4, -0.2) is 18.8 Å². The predicted octanol–water partition coefficient (Wildman–Crippen LogP) is 3.77. The summed E-state index contributed by atoms with van der Waals surface area (Å²) in [4.78, 5) is 14.3. The average molecular weight is 329 g/mol. The Morgan fingerprint density at radius 1 is 1.13 bits per heavy atom. The number of nitrogens with zero attached hydrogens (tertiary/aromatic N) is 3. The zero-order valence-corrected chi connectivity index (χ0v) is 12.5. The fourth-order valence-corrected chi connectivity index (χ4v) is 2.56. The molecule has 0 saturated heterocycles. The Kier molecular flexibility index (Phi) is 4.92. The summed E-state index contributed by atoms with van der Waals surface area (Å²) in [5.41, 5.74) is 9.30. The number of azide groups is 1. The van der Waals surface area contributed by atoms with Crippen molar-refractivity contribution in [1.29, 1.82) is 0 Å². The van der Waals surface area contributed by atoms with Gasteiger partial charge in [0, 0.05) is 16.2 Å². The van der Waals surface area contributed by atoms with Gasteiger partial charge in [0.1, 0.15) is 4.90 Å². The molecule has 0 fully saturated rings. The van der Waals surface area contributed by atoms with Crippen LogP contribution in [0.25, 0.3) is 16.5 Å². The van der Waals surface area contributed by atoms with Crippen LogP contribution in [0.15, 0.2) is 64.6 Å². The highest BCUT2D eigenvalue weighted by Crippen LogP contribution is 2.18. The maximum atomic E-state index is 12.1. The highest BCUT2D eigenvalue weighted by Gasteiger charge is 2.17. The molecular formula is C15H11N3O4S. The minimum atomic E-state index is -4.47. The molecular weight excluding hydrogens is 318 g/mol. The molecule has 0 amide bonds. The SMILES string of the molecule is [N-]=[N+]=Nc1ccc(/C=C/C(=O)c2ccccc2S(=O)(=O)O)cc1. The van der Waals surface area contributed by atoms with Crippen LogP contribution < -0.4 is 0 Å². The van der Waals surface area contributed by atoms with Gasteiger partial charge in [-0.15, -0.1) is 0 Å². The van der Waals surface area contributed by atoms with Crippen molar-refractivity contribution in [3.8, 4) is 0 Å². The van der Waals surface area contributed by atoms with E-state index in [4.69, 9.17) is 10.1 Å². The lowest BCUT2D eigenvalue weighted by Gasteiger charge is -2.03. The van der Waals surface area contributed by atoms with Crippen LogP contribution in [0.1, 0.15) is 15.9 Å². The van der Waals surface area contributed by atoms with Crippen molar-refractivity contribution in [2.45, 2.75) is 4.90 Å². The third-order valence-corrected chi connectivity index (χ3v) is 3.82. The molecule has 0 aromatic heterocycles. The first-order valence-electron chi connectivity index (χ1n) is 6.36. The fourth-order valence-electron chi connectivity index (χ4n) is 1.86. The van der Waals surface area contributed by atoms with Crippen LogP contribution in [0.3, 0.4) is 0 Å². The van der Waals surface area contributed by atoms with Gasteiger partial charge in [-0.25, -0.2) is 0 Å². The van der Waals surface area contributed by atoms with Gasteiger partial charge in [-0.1, -0.05) is 47.6 Å². The third-order valence-electron chi connectivity index (χ3n) is 2.91. The summed E-state index contributed by atoms with van der Waals surface area (Å²) < 4.78 is 31.7. The summed E-state index contributed by atoms with van der Waals surface area (Å²) in [6.07, 6.45) is 2.69. The lowest BCUT2D eigenvalue weighted by Crippen LogP contribution is -2.06. The number of benzene rings is 2. The van der Waals surface area contributed by atoms with Crippen LogP contribution in [0.2, 0.25) is 0 Å². The third kappa shape index (κ3) is 4.27. The molecule has 0 unspecified atom stereocenters. The van der Waals surface area contributed by atoms with Crippen LogP contribution in [0.4, 0.5) is 5.69 Å². The molecule has 0 aliphatic heterocycles. The molecule has 2 aromatic carbocycles. The predicted molar refractivity (Wildman–Crippen MR) is 84.9 cm³/mol. The van der Waals surface area contributed by atoms with Crippen molar-refractivity contribution in [2.75, 3.05) is 0 Å². The molecule has 0 bridgehead atoms. The molecule has 0 aliphatic rings. The Bertz CT molecular complexity index is 912. The molecule has 2 aromatic rings. The second kappa shape index (κ2) is 6.89. The Hall–Kier alpha value is -2.93. The van der Waals surface area contributed by atoms with E-state index in [0.717, 1.165) is 6.07 Å². The summed E-state index contributed by atoms with van der Waals surface area (Å²) >= 11 is 0. The van der Waals surface area contributed by atoms with E-state index in [1.165, 1.54) is 30.4 Å². The monoisotopic (exact) mass is 329 g/mol. The summed E-state index contributed by atoms with van der Waals surface area (Å²) in [7, 11) is -4.47. The van der Waals surface area contributed by atoms with E-state index in [1.807, 2.05) is 0 Å². The molecule has 0 radical (unpaired) electrons. The molecule has 0 atom stereocenters. The second-order valence-electron chi connectivity index (χ2n) is 4.45. The number of hydrogen-bond acceptors (Lipinski definition) is 4. The molecule has 23 heavy (non-hydrogen) atoms. The first-order valence-corrected chi connectivity index (χ1v) is 7.80. The largest absolute Gasteiger partial charge is 0.295 e. The lowest BCUT2D eigenvalue weighted by molar-refractivity contribution is 0.104. The van der Waals surface area contributed by atoms with E-state index in [-0.39, 0.29) is 5.56 Å². The summed E-state index contributed by atoms with van der Waals surface area (Å²) in [6.45, 7) is 0. The standard InChI is InChI=1S/C15H11N3O4S/c16-18-17-12-8-5-11(6-9-12)7-10-14(19)13-3-1-2-4-15(13)23(20,21)22/h1-10H,(H,20,21,22)/b10-7+. The number of hydrogen-bond donors (Lipinski definition) is 1. The minimum absolute atomic E-state index is 0.114. The second-order valence-corrected chi connectivity index (χ2v) is 5.84. The molecule has 2 rings (SSSR count). The van der Waals surface area contributed by atoms with Crippen molar-refractivity contribution in [3.05, 3.63) is 76.2 Å². The van der Waals surface area contributed by atoms with Gasteiger partial charge in [0.15, 0.2) is 5.78 Å². The summed E-state index contributed by atoms with van der Waals surface area (Å²) in [6, 6.07) is 11.8. The maximum Gasteiger partial charge on any atom is 0.295 e. The summed E-state index contributed by atoms with van der Waals surface area (Å²) in [5.74, 6) is -0.558. The van der Waals surface area contributed by atoms with E-state index in [0.29, 0.717) is 11.3 Å². The average Bonchev–Trinajstić information content (AvgIpc) is 2.53. The van der Waals surface area contributed by atoms with Crippen LogP contribution in [-0.2, 0) is 10.1 Å². The minimum Gasteiger partial charge on any atom is -0.289 e. The van der Waals surface area contributed by atoms with Gasteiger partial charge in [0.25, 0.3) is 10.1 Å². The van der Waals surface area contributed by atoms with E-state index in [9.17, 15) is 13.2 Å². The number of rotatable bonds is 5. The number of carbonyl (C=O) groups excluding carboxylic acids is 1. The Morgan fingerprint density at radius 3 is 2.39 bits per heavy atom. The molecule has 1 N–H and O–H groups in total. The van der Waals surface area contributed by atoms with E-state index < -0.39 is 20.8 Å². The van der Waals surface area contributed by atoms with Crippen molar-refractivity contribution in [3.63, 3.8) is 0 Å². The van der Waals surface area contributed by atoms with Crippen molar-refractivity contribution >= 4 is 27.7 Å². The van der Waals surface area contributed by atoms with Gasteiger partial charge < -0.3 is 0 Å². The first kappa shape index (κ1) is 16.4. The Labute approximate surface area is 132 Å². The van der Waals surface area contributed by atoms with Crippen molar-refractivity contribution < 1.29 is 17.8 Å². The van der Waals surface area contributed by atoms with Gasteiger partial charge in [-0.2, -0.15) is 8.42 Å². The number of carbonyl (C=O) groups is 1. The van der Waals surface area contributed by atoms with Crippen molar-refractivity contribution in [1.82, 2.24) is 0 Å². The van der Waals surface area contributed by atoms with E-state index in [1.54, 1.807) is 24.3 Å². The molecule has 8 heteroatoms. The van der Waals surface area contributed by atoms with Crippen LogP contribution >= 0.6 is 0 Å². The molecule has 0 spiro atoms. The van der Waals surface area contributed by atoms with E-state index >= 15 is 0 Å². The molecule has 7 nitrogen and oxygen atoms in total. The highest BCUT2D eigenvalue weighted by molar-refractivity contribution is 7.86. The normalized spacial score (nSPS) is 11.2.